The van der Waals surface area contributed by atoms with Gasteiger partial charge in [0, 0.05) is 6.54 Å². The number of hydrazine groups is 1. The van der Waals surface area contributed by atoms with E-state index in [1.165, 1.54) is 0 Å². The summed E-state index contributed by atoms with van der Waals surface area (Å²) in [5.41, 5.74) is 8.40. The molecule has 25 heavy (non-hydrogen) atoms. The Kier molecular flexibility index (Phi) is 7.71. The third-order valence-electron chi connectivity index (χ3n) is 3.53. The lowest BCUT2D eigenvalue weighted by atomic mass is 10.1. The van der Waals surface area contributed by atoms with Crippen molar-refractivity contribution in [2.24, 2.45) is 5.73 Å². The van der Waals surface area contributed by atoms with Crippen LogP contribution in [0.2, 0.25) is 0 Å². The normalized spacial score (nSPS) is 18.6. The molecule has 1 aliphatic rings. The van der Waals surface area contributed by atoms with Crippen LogP contribution < -0.4 is 16.5 Å². The number of carboxylic acids is 1. The van der Waals surface area contributed by atoms with Crippen LogP contribution >= 0.6 is 0 Å². The maximum Gasteiger partial charge on any atom is 0.345 e. The van der Waals surface area contributed by atoms with Gasteiger partial charge in [0.05, 0.1) is 12.3 Å². The van der Waals surface area contributed by atoms with Crippen molar-refractivity contribution >= 4 is 17.8 Å². The molecule has 11 heteroatoms. The van der Waals surface area contributed by atoms with Gasteiger partial charge in [0.25, 0.3) is 11.8 Å². The Balaban J connectivity index is 2.86. The molecule has 142 valence electrons. The quantitative estimate of drug-likeness (QED) is 0.449. The molecule has 0 aromatic heterocycles. The zero-order valence-corrected chi connectivity index (χ0v) is 13.9. The van der Waals surface area contributed by atoms with Crippen molar-refractivity contribution in [2.45, 2.75) is 45.4 Å². The number of carboxylic acid groups (broad SMARTS) is 1. The van der Waals surface area contributed by atoms with Gasteiger partial charge in [-0.05, 0) is 32.3 Å². The molecule has 0 aliphatic carbocycles. The monoisotopic (exact) mass is 364 g/mol. The van der Waals surface area contributed by atoms with Crippen LogP contribution in [0.3, 0.4) is 0 Å². The van der Waals surface area contributed by atoms with Crippen LogP contribution in [0, 0.1) is 0 Å². The van der Waals surface area contributed by atoms with Crippen LogP contribution in [0.25, 0.3) is 0 Å². The van der Waals surface area contributed by atoms with Crippen LogP contribution in [0.4, 0.5) is 8.78 Å². The van der Waals surface area contributed by atoms with E-state index in [1.807, 2.05) is 0 Å². The van der Waals surface area contributed by atoms with E-state index in [-0.39, 0.29) is 12.2 Å². The summed E-state index contributed by atoms with van der Waals surface area (Å²) >= 11 is 0. The van der Waals surface area contributed by atoms with E-state index in [2.05, 4.69) is 15.5 Å². The van der Waals surface area contributed by atoms with E-state index in [0.29, 0.717) is 18.4 Å². The molecule has 0 aromatic carbocycles. The van der Waals surface area contributed by atoms with Gasteiger partial charge in [0.2, 0.25) is 0 Å². The zero-order chi connectivity index (χ0) is 19.1. The van der Waals surface area contributed by atoms with Crippen molar-refractivity contribution in [3.05, 3.63) is 11.3 Å². The fourth-order valence-electron chi connectivity index (χ4n) is 2.12. The fourth-order valence-corrected chi connectivity index (χ4v) is 2.12. The predicted molar refractivity (Wildman–Crippen MR) is 82.0 cm³/mol. The Morgan fingerprint density at radius 3 is 2.56 bits per heavy atom. The topological polar surface area (TPSA) is 134 Å². The number of alkyl halides is 2. The Bertz CT molecular complexity index is 551. The van der Waals surface area contributed by atoms with Crippen LogP contribution in [-0.2, 0) is 19.1 Å². The molecule has 0 saturated carbocycles. The summed E-state index contributed by atoms with van der Waals surface area (Å²) in [6.07, 6.45) is 0.719. The van der Waals surface area contributed by atoms with Crippen molar-refractivity contribution in [1.82, 2.24) is 15.8 Å². The van der Waals surface area contributed by atoms with Gasteiger partial charge in [-0.3, -0.25) is 19.4 Å². The van der Waals surface area contributed by atoms with E-state index < -0.39 is 43.1 Å². The predicted octanol–water partition coefficient (Wildman–Crippen LogP) is -0.457. The van der Waals surface area contributed by atoms with E-state index in [0.717, 1.165) is 5.01 Å². The number of nitrogens with two attached hydrogens (primary N) is 1. The molecule has 0 radical (unpaired) electrons. The van der Waals surface area contributed by atoms with E-state index in [4.69, 9.17) is 10.8 Å². The largest absolute Gasteiger partial charge is 0.480 e. The number of allylic oxidation sites excluding steroid dienone is 1. The minimum atomic E-state index is -3.13. The average Bonchev–Trinajstić information content (AvgIpc) is 2.56. The zero-order valence-electron chi connectivity index (χ0n) is 13.9. The van der Waals surface area contributed by atoms with Crippen LogP contribution in [0.1, 0.15) is 26.7 Å². The number of aliphatic carboxylic acids is 1. The number of ether oxygens (including phenoxy) is 1. The SMILES string of the molecule is CC(C)=C(N)C(=O)N[C@@H](COC(F)F)C(=O)N1CCC[C@@H](C(=O)O)N1. The number of hydrogen-bond donors (Lipinski definition) is 4. The lowest BCUT2D eigenvalue weighted by Crippen LogP contribution is -2.61. The van der Waals surface area contributed by atoms with E-state index in [9.17, 15) is 23.2 Å². The molecule has 1 aliphatic heterocycles. The molecule has 1 fully saturated rings. The first-order chi connectivity index (χ1) is 11.6. The molecule has 1 saturated heterocycles. The summed E-state index contributed by atoms with van der Waals surface area (Å²) in [5.74, 6) is -2.74. The molecule has 0 unspecified atom stereocenters. The van der Waals surface area contributed by atoms with Crippen molar-refractivity contribution in [3.8, 4) is 0 Å². The third kappa shape index (κ3) is 6.27. The fraction of sp³-hybridized carbons (Fsp3) is 0.643. The average molecular weight is 364 g/mol. The highest BCUT2D eigenvalue weighted by atomic mass is 19.3. The summed E-state index contributed by atoms with van der Waals surface area (Å²) in [7, 11) is 0. The number of carbonyl (C=O) groups is 3. The first-order valence-corrected chi connectivity index (χ1v) is 7.57. The minimum absolute atomic E-state index is 0.148. The number of nitrogens with one attached hydrogen (secondary N) is 2. The maximum atomic E-state index is 12.5. The second-order valence-corrected chi connectivity index (χ2v) is 5.69. The maximum absolute atomic E-state index is 12.5. The van der Waals surface area contributed by atoms with Gasteiger partial charge >= 0.3 is 12.6 Å². The van der Waals surface area contributed by atoms with Crippen molar-refractivity contribution in [2.75, 3.05) is 13.2 Å². The molecular formula is C14H22F2N4O5. The number of rotatable bonds is 7. The molecule has 5 N–H and O–H groups in total. The van der Waals surface area contributed by atoms with Gasteiger partial charge in [-0.1, -0.05) is 0 Å². The summed E-state index contributed by atoms with van der Waals surface area (Å²) in [6.45, 7) is -0.597. The van der Waals surface area contributed by atoms with Crippen molar-refractivity contribution in [3.63, 3.8) is 0 Å². The molecule has 0 aromatic rings. The van der Waals surface area contributed by atoms with Crippen LogP contribution in [-0.4, -0.2) is 59.7 Å². The highest BCUT2D eigenvalue weighted by molar-refractivity contribution is 5.96. The van der Waals surface area contributed by atoms with Gasteiger partial charge < -0.3 is 20.9 Å². The number of nitrogens with zero attached hydrogens (tertiary/aromatic N) is 1. The summed E-state index contributed by atoms with van der Waals surface area (Å²) in [4.78, 5) is 35.5. The molecule has 0 bridgehead atoms. The smallest absolute Gasteiger partial charge is 0.345 e. The van der Waals surface area contributed by atoms with Gasteiger partial charge in [-0.15, -0.1) is 0 Å². The molecule has 1 heterocycles. The standard InChI is InChI=1S/C14H22F2N4O5/c1-7(2)10(17)11(21)18-9(6-25-14(15)16)12(22)20-5-3-4-8(19-20)13(23)24/h8-9,14,19H,3-6,17H2,1-2H3,(H,18,21)(H,23,24)/t8-,9-/m0/s1. The Morgan fingerprint density at radius 2 is 2.04 bits per heavy atom. The summed E-state index contributed by atoms with van der Waals surface area (Å²) in [5, 5.41) is 12.2. The molecule has 1 rings (SSSR count). The molecular weight excluding hydrogens is 342 g/mol. The van der Waals surface area contributed by atoms with Crippen LogP contribution in [0.5, 0.6) is 0 Å². The highest BCUT2D eigenvalue weighted by Gasteiger charge is 2.33. The van der Waals surface area contributed by atoms with Gasteiger partial charge in [0.1, 0.15) is 12.1 Å². The number of hydrogen-bond acceptors (Lipinski definition) is 6. The van der Waals surface area contributed by atoms with Crippen molar-refractivity contribution < 1.29 is 33.0 Å². The number of halogens is 2. The Labute approximate surface area is 143 Å². The molecule has 0 spiro atoms. The second kappa shape index (κ2) is 9.28. The van der Waals surface area contributed by atoms with Crippen LogP contribution in [0.15, 0.2) is 11.3 Å². The van der Waals surface area contributed by atoms with Gasteiger partial charge in [-0.2, -0.15) is 8.78 Å². The molecule has 9 nitrogen and oxygen atoms in total. The first-order valence-electron chi connectivity index (χ1n) is 7.57. The van der Waals surface area contributed by atoms with E-state index >= 15 is 0 Å². The third-order valence-corrected chi connectivity index (χ3v) is 3.53. The van der Waals surface area contributed by atoms with Gasteiger partial charge in [0.15, 0.2) is 0 Å². The minimum Gasteiger partial charge on any atom is -0.480 e. The van der Waals surface area contributed by atoms with Gasteiger partial charge in [-0.25, -0.2) is 5.43 Å². The molecule has 2 atom stereocenters. The van der Waals surface area contributed by atoms with Crippen molar-refractivity contribution in [1.29, 1.82) is 0 Å². The van der Waals surface area contributed by atoms with E-state index in [1.54, 1.807) is 13.8 Å². The first kappa shape index (κ1) is 20.8. The molecule has 2 amide bonds. The highest BCUT2D eigenvalue weighted by Crippen LogP contribution is 2.10. The second-order valence-electron chi connectivity index (χ2n) is 5.69. The lowest BCUT2D eigenvalue weighted by Gasteiger charge is -2.34. The number of amides is 2. The summed E-state index contributed by atoms with van der Waals surface area (Å²) in [6, 6.07) is -2.42. The Morgan fingerprint density at radius 1 is 1.40 bits per heavy atom. The Hall–Kier alpha value is -2.27. The lowest BCUT2D eigenvalue weighted by molar-refractivity contribution is -0.157. The summed E-state index contributed by atoms with van der Waals surface area (Å²) < 4.78 is 28.7. The number of carbonyl (C=O) groups excluding carboxylic acids is 2.